The Bertz CT molecular complexity index is 481. The molecule has 0 spiro atoms. The highest BCUT2D eigenvalue weighted by atomic mass is 19.1. The Balaban J connectivity index is 2.07. The molecule has 1 unspecified atom stereocenters. The van der Waals surface area contributed by atoms with Crippen molar-refractivity contribution in [1.82, 2.24) is 4.90 Å². The van der Waals surface area contributed by atoms with Crippen LogP contribution in [0.2, 0.25) is 0 Å². The molecule has 0 aliphatic carbocycles. The lowest BCUT2D eigenvalue weighted by Crippen LogP contribution is -2.47. The van der Waals surface area contributed by atoms with Crippen LogP contribution in [0.1, 0.15) is 6.92 Å². The van der Waals surface area contributed by atoms with Gasteiger partial charge < -0.3 is 15.0 Å². The third kappa shape index (κ3) is 3.22. The number of nitrogens with zero attached hydrogens (tertiary/aromatic N) is 1. The number of morpholine rings is 1. The lowest BCUT2D eigenvalue weighted by molar-refractivity contribution is -0.135. The molecule has 1 saturated heterocycles. The first-order valence-electron chi connectivity index (χ1n) is 6.26. The number of anilines is 1. The average molecular weight is 288 g/mol. The van der Waals surface area contributed by atoms with Gasteiger partial charge in [-0.2, -0.15) is 0 Å². The van der Waals surface area contributed by atoms with Gasteiger partial charge in [-0.15, -0.1) is 0 Å². The Morgan fingerprint density at radius 3 is 2.35 bits per heavy atom. The Morgan fingerprint density at radius 2 is 1.80 bits per heavy atom. The second-order valence-corrected chi connectivity index (χ2v) is 4.55. The molecule has 1 amide bonds. The minimum atomic E-state index is -1.07. The normalized spacial score (nSPS) is 16.9. The Morgan fingerprint density at radius 1 is 1.25 bits per heavy atom. The molecule has 1 atom stereocenters. The summed E-state index contributed by atoms with van der Waals surface area (Å²) in [4.78, 5) is 13.6. The van der Waals surface area contributed by atoms with E-state index in [1.54, 1.807) is 4.90 Å². The second kappa shape index (κ2) is 6.13. The van der Waals surface area contributed by atoms with E-state index >= 15 is 0 Å². The molecule has 0 bridgehead atoms. The average Bonchev–Trinajstić information content (AvgIpc) is 2.42. The summed E-state index contributed by atoms with van der Waals surface area (Å²) in [6, 6.07) is 0.317. The van der Waals surface area contributed by atoms with E-state index in [1.165, 1.54) is 6.92 Å². The Hall–Kier alpha value is -1.76. The van der Waals surface area contributed by atoms with Crippen LogP contribution in [-0.2, 0) is 9.53 Å². The van der Waals surface area contributed by atoms with Gasteiger partial charge in [0.2, 0.25) is 5.91 Å². The van der Waals surface area contributed by atoms with E-state index in [-0.39, 0.29) is 5.91 Å². The van der Waals surface area contributed by atoms with E-state index in [4.69, 9.17) is 4.74 Å². The van der Waals surface area contributed by atoms with Crippen molar-refractivity contribution >= 4 is 11.6 Å². The third-order valence-corrected chi connectivity index (χ3v) is 3.06. The molecule has 0 saturated carbocycles. The zero-order chi connectivity index (χ0) is 14.7. The van der Waals surface area contributed by atoms with Gasteiger partial charge in [0.15, 0.2) is 11.6 Å². The number of carbonyl (C=O) groups is 1. The molecule has 110 valence electrons. The van der Waals surface area contributed by atoms with E-state index in [0.29, 0.717) is 38.4 Å². The number of nitrogens with one attached hydrogen (secondary N) is 1. The van der Waals surface area contributed by atoms with E-state index in [1.807, 2.05) is 0 Å². The third-order valence-electron chi connectivity index (χ3n) is 3.06. The summed E-state index contributed by atoms with van der Waals surface area (Å²) < 4.78 is 44.9. The first-order chi connectivity index (χ1) is 9.49. The van der Waals surface area contributed by atoms with Gasteiger partial charge in [-0.1, -0.05) is 0 Å². The fourth-order valence-electron chi connectivity index (χ4n) is 2.02. The summed E-state index contributed by atoms with van der Waals surface area (Å²) in [6.45, 7) is 3.27. The number of hydrogen-bond donors (Lipinski definition) is 1. The van der Waals surface area contributed by atoms with Crippen molar-refractivity contribution in [2.75, 3.05) is 31.6 Å². The molecule has 1 aliphatic rings. The Labute approximate surface area is 114 Å². The van der Waals surface area contributed by atoms with E-state index in [0.717, 1.165) is 0 Å². The fourth-order valence-corrected chi connectivity index (χ4v) is 2.02. The minimum Gasteiger partial charge on any atom is -0.378 e. The minimum absolute atomic E-state index is 0.281. The van der Waals surface area contributed by atoms with Gasteiger partial charge in [0, 0.05) is 25.2 Å². The molecule has 1 aromatic carbocycles. The molecule has 1 fully saturated rings. The van der Waals surface area contributed by atoms with E-state index < -0.39 is 29.2 Å². The van der Waals surface area contributed by atoms with Gasteiger partial charge in [0.05, 0.1) is 13.2 Å². The zero-order valence-electron chi connectivity index (χ0n) is 11.0. The van der Waals surface area contributed by atoms with Gasteiger partial charge in [0.25, 0.3) is 0 Å². The SMILES string of the molecule is CC(Nc1c(F)cc(F)cc1F)C(=O)N1CCOCC1. The summed E-state index contributed by atoms with van der Waals surface area (Å²) in [7, 11) is 0. The topological polar surface area (TPSA) is 41.6 Å². The quantitative estimate of drug-likeness (QED) is 0.921. The number of ether oxygens (including phenoxy) is 1. The number of rotatable bonds is 3. The summed E-state index contributed by atoms with van der Waals surface area (Å²) in [5.74, 6) is -3.41. The van der Waals surface area contributed by atoms with Crippen LogP contribution >= 0.6 is 0 Å². The molecule has 2 rings (SSSR count). The fraction of sp³-hybridized carbons (Fsp3) is 0.462. The lowest BCUT2D eigenvalue weighted by Gasteiger charge is -2.29. The van der Waals surface area contributed by atoms with Crippen molar-refractivity contribution < 1.29 is 22.7 Å². The van der Waals surface area contributed by atoms with Gasteiger partial charge in [-0.3, -0.25) is 4.79 Å². The van der Waals surface area contributed by atoms with Gasteiger partial charge in [0.1, 0.15) is 17.5 Å². The number of carbonyl (C=O) groups excluding carboxylic acids is 1. The summed E-state index contributed by atoms with van der Waals surface area (Å²) in [5.41, 5.74) is -0.500. The number of amides is 1. The van der Waals surface area contributed by atoms with Crippen LogP contribution in [0.5, 0.6) is 0 Å². The first-order valence-corrected chi connectivity index (χ1v) is 6.26. The maximum absolute atomic E-state index is 13.5. The van der Waals surface area contributed by atoms with Crippen LogP contribution in [0, 0.1) is 17.5 Å². The molecule has 7 heteroatoms. The first kappa shape index (κ1) is 14.6. The van der Waals surface area contributed by atoms with Gasteiger partial charge >= 0.3 is 0 Å². The Kier molecular flexibility index (Phi) is 4.49. The van der Waals surface area contributed by atoms with Crippen LogP contribution in [0.15, 0.2) is 12.1 Å². The molecule has 20 heavy (non-hydrogen) atoms. The maximum Gasteiger partial charge on any atom is 0.244 e. The molecular formula is C13H15F3N2O2. The van der Waals surface area contributed by atoms with Gasteiger partial charge in [-0.25, -0.2) is 13.2 Å². The van der Waals surface area contributed by atoms with Crippen LogP contribution in [0.4, 0.5) is 18.9 Å². The predicted octanol–water partition coefficient (Wildman–Crippen LogP) is 1.76. The van der Waals surface area contributed by atoms with Crippen molar-refractivity contribution in [3.8, 4) is 0 Å². The monoisotopic (exact) mass is 288 g/mol. The van der Waals surface area contributed by atoms with E-state index in [2.05, 4.69) is 5.32 Å². The molecule has 1 heterocycles. The summed E-state index contributed by atoms with van der Waals surface area (Å²) in [6.07, 6.45) is 0. The molecule has 1 aliphatic heterocycles. The molecule has 0 radical (unpaired) electrons. The zero-order valence-corrected chi connectivity index (χ0v) is 11.0. The number of benzene rings is 1. The highest BCUT2D eigenvalue weighted by Crippen LogP contribution is 2.21. The van der Waals surface area contributed by atoms with E-state index in [9.17, 15) is 18.0 Å². The van der Waals surface area contributed by atoms with Crippen LogP contribution < -0.4 is 5.32 Å². The molecule has 4 nitrogen and oxygen atoms in total. The maximum atomic E-state index is 13.5. The second-order valence-electron chi connectivity index (χ2n) is 4.55. The molecular weight excluding hydrogens is 273 g/mol. The largest absolute Gasteiger partial charge is 0.378 e. The highest BCUT2D eigenvalue weighted by Gasteiger charge is 2.24. The molecule has 0 aromatic heterocycles. The van der Waals surface area contributed by atoms with Gasteiger partial charge in [-0.05, 0) is 6.92 Å². The summed E-state index contributed by atoms with van der Waals surface area (Å²) in [5, 5.41) is 2.45. The van der Waals surface area contributed by atoms with Crippen LogP contribution in [0.25, 0.3) is 0 Å². The summed E-state index contributed by atoms with van der Waals surface area (Å²) >= 11 is 0. The van der Waals surface area contributed by atoms with Crippen molar-refractivity contribution in [2.45, 2.75) is 13.0 Å². The standard InChI is InChI=1S/C13H15F3N2O2/c1-8(13(19)18-2-4-20-5-3-18)17-12-10(15)6-9(14)7-11(12)16/h6-8,17H,2-5H2,1H3. The number of hydrogen-bond acceptors (Lipinski definition) is 3. The van der Waals surface area contributed by atoms with Crippen molar-refractivity contribution in [3.63, 3.8) is 0 Å². The predicted molar refractivity (Wildman–Crippen MR) is 66.8 cm³/mol. The van der Waals surface area contributed by atoms with Crippen molar-refractivity contribution in [2.24, 2.45) is 0 Å². The highest BCUT2D eigenvalue weighted by molar-refractivity contribution is 5.84. The smallest absolute Gasteiger partial charge is 0.244 e. The number of halogens is 3. The lowest BCUT2D eigenvalue weighted by atomic mass is 10.2. The van der Waals surface area contributed by atoms with Crippen LogP contribution in [-0.4, -0.2) is 43.2 Å². The molecule has 1 aromatic rings. The molecule has 1 N–H and O–H groups in total. The van der Waals surface area contributed by atoms with Crippen molar-refractivity contribution in [1.29, 1.82) is 0 Å². The van der Waals surface area contributed by atoms with Crippen LogP contribution in [0.3, 0.4) is 0 Å². The van der Waals surface area contributed by atoms with Crippen molar-refractivity contribution in [3.05, 3.63) is 29.6 Å².